The maximum atomic E-state index is 11.2. The number of carbonyl (C=O) groups excluding carboxylic acids is 1. The van der Waals surface area contributed by atoms with Gasteiger partial charge in [0.15, 0.2) is 0 Å². The van der Waals surface area contributed by atoms with E-state index in [1.807, 2.05) is 0 Å². The quantitative estimate of drug-likeness (QED) is 0.510. The lowest BCUT2D eigenvalue weighted by molar-refractivity contribution is 0.0798. The molecule has 1 aromatic carbocycles. The van der Waals surface area contributed by atoms with Crippen LogP contribution < -0.4 is 16.2 Å². The fraction of sp³-hybridized carbons (Fsp3) is 0.462. The van der Waals surface area contributed by atoms with Crippen LogP contribution in [0.4, 0.5) is 5.69 Å². The number of carbonyl (C=O) groups is 1. The predicted octanol–water partition coefficient (Wildman–Crippen LogP) is 0.800. The molecule has 0 aliphatic carbocycles. The van der Waals surface area contributed by atoms with E-state index in [1.54, 1.807) is 25.3 Å². The molecule has 0 aliphatic heterocycles. The van der Waals surface area contributed by atoms with Crippen molar-refractivity contribution in [3.8, 4) is 5.75 Å². The minimum Gasteiger partial charge on any atom is -0.490 e. The molecule has 1 aromatic rings. The molecule has 0 aliphatic rings. The number of rotatable bonds is 9. The Morgan fingerprint density at radius 2 is 2.00 bits per heavy atom. The van der Waals surface area contributed by atoms with Crippen molar-refractivity contribution in [3.63, 3.8) is 0 Å². The van der Waals surface area contributed by atoms with E-state index in [9.17, 15) is 4.79 Å². The maximum Gasteiger partial charge on any atom is 0.252 e. The molecule has 0 saturated carbocycles. The van der Waals surface area contributed by atoms with Crippen LogP contribution in [0.3, 0.4) is 0 Å². The van der Waals surface area contributed by atoms with E-state index in [4.69, 9.17) is 25.7 Å². The molecule has 6 heteroatoms. The summed E-state index contributed by atoms with van der Waals surface area (Å²) in [5, 5.41) is 0. The number of primary amides is 1. The second-order valence-electron chi connectivity index (χ2n) is 3.93. The zero-order valence-electron chi connectivity index (χ0n) is 11.1. The smallest absolute Gasteiger partial charge is 0.252 e. The van der Waals surface area contributed by atoms with Gasteiger partial charge in [0.2, 0.25) is 0 Å². The van der Waals surface area contributed by atoms with E-state index in [0.717, 1.165) is 6.42 Å². The van der Waals surface area contributed by atoms with E-state index in [1.165, 1.54) is 0 Å². The highest BCUT2D eigenvalue weighted by molar-refractivity contribution is 5.96. The minimum atomic E-state index is -0.545. The van der Waals surface area contributed by atoms with Crippen LogP contribution in [0.25, 0.3) is 0 Å². The van der Waals surface area contributed by atoms with Gasteiger partial charge in [-0.2, -0.15) is 0 Å². The first-order valence-electron chi connectivity index (χ1n) is 6.04. The van der Waals surface area contributed by atoms with Gasteiger partial charge in [0.1, 0.15) is 12.4 Å². The minimum absolute atomic E-state index is 0.314. The number of nitrogen functional groups attached to an aromatic ring is 1. The van der Waals surface area contributed by atoms with Crippen LogP contribution in [0.15, 0.2) is 18.2 Å². The maximum absolute atomic E-state index is 11.2. The summed E-state index contributed by atoms with van der Waals surface area (Å²) in [7, 11) is 1.65. The molecule has 4 N–H and O–H groups in total. The number of methoxy groups -OCH3 is 1. The first-order valence-corrected chi connectivity index (χ1v) is 6.04. The number of anilines is 1. The Balaban J connectivity index is 2.36. The summed E-state index contributed by atoms with van der Waals surface area (Å²) in [6.45, 7) is 2.03. The molecule has 1 rings (SSSR count). The van der Waals surface area contributed by atoms with E-state index >= 15 is 0 Å². The van der Waals surface area contributed by atoms with Crippen LogP contribution in [0.2, 0.25) is 0 Å². The van der Waals surface area contributed by atoms with E-state index in [2.05, 4.69) is 0 Å². The predicted molar refractivity (Wildman–Crippen MR) is 72.2 cm³/mol. The van der Waals surface area contributed by atoms with Gasteiger partial charge in [0.05, 0.1) is 12.2 Å². The Morgan fingerprint density at radius 1 is 1.21 bits per heavy atom. The molecule has 0 fully saturated rings. The molecule has 0 radical (unpaired) electrons. The van der Waals surface area contributed by atoms with Crippen molar-refractivity contribution in [2.24, 2.45) is 5.73 Å². The Hall–Kier alpha value is -1.79. The molecule has 6 nitrogen and oxygen atoms in total. The number of nitrogens with two attached hydrogens (primary N) is 2. The zero-order valence-corrected chi connectivity index (χ0v) is 11.1. The van der Waals surface area contributed by atoms with Crippen molar-refractivity contribution in [1.82, 2.24) is 0 Å². The van der Waals surface area contributed by atoms with Crippen LogP contribution in [-0.2, 0) is 9.47 Å². The van der Waals surface area contributed by atoms with E-state index < -0.39 is 5.91 Å². The van der Waals surface area contributed by atoms with Gasteiger partial charge in [-0.1, -0.05) is 0 Å². The standard InChI is InChI=1S/C13H20N2O4/c1-17-5-2-6-18-7-8-19-12-9-10(14)3-4-11(12)13(15)16/h3-4,9H,2,5-8,14H2,1H3,(H2,15,16). The molecule has 0 unspecified atom stereocenters. The van der Waals surface area contributed by atoms with Crippen molar-refractivity contribution in [2.75, 3.05) is 39.3 Å². The number of hydrogen-bond donors (Lipinski definition) is 2. The molecule has 0 heterocycles. The van der Waals surface area contributed by atoms with Gasteiger partial charge in [0.25, 0.3) is 5.91 Å². The Bertz CT molecular complexity index is 410. The summed E-state index contributed by atoms with van der Waals surface area (Å²) >= 11 is 0. The van der Waals surface area contributed by atoms with Gasteiger partial charge in [-0.15, -0.1) is 0 Å². The summed E-state index contributed by atoms with van der Waals surface area (Å²) in [5.74, 6) is -0.163. The van der Waals surface area contributed by atoms with Crippen molar-refractivity contribution in [3.05, 3.63) is 23.8 Å². The van der Waals surface area contributed by atoms with Crippen LogP contribution >= 0.6 is 0 Å². The highest BCUT2D eigenvalue weighted by Crippen LogP contribution is 2.21. The first kappa shape index (κ1) is 15.3. The van der Waals surface area contributed by atoms with Crippen LogP contribution in [0, 0.1) is 0 Å². The van der Waals surface area contributed by atoms with Gasteiger partial charge >= 0.3 is 0 Å². The van der Waals surface area contributed by atoms with Crippen LogP contribution in [0.5, 0.6) is 5.75 Å². The molecular weight excluding hydrogens is 248 g/mol. The lowest BCUT2D eigenvalue weighted by Gasteiger charge is -2.10. The van der Waals surface area contributed by atoms with Crippen LogP contribution in [0.1, 0.15) is 16.8 Å². The van der Waals surface area contributed by atoms with Gasteiger partial charge in [-0.3, -0.25) is 4.79 Å². The third-order valence-electron chi connectivity index (χ3n) is 2.39. The normalized spacial score (nSPS) is 10.4. The lowest BCUT2D eigenvalue weighted by Crippen LogP contribution is -2.15. The van der Waals surface area contributed by atoms with Crippen molar-refractivity contribution >= 4 is 11.6 Å². The number of amides is 1. The number of benzene rings is 1. The van der Waals surface area contributed by atoms with Gasteiger partial charge < -0.3 is 25.7 Å². The molecule has 19 heavy (non-hydrogen) atoms. The van der Waals surface area contributed by atoms with Crippen molar-refractivity contribution in [1.29, 1.82) is 0 Å². The Labute approximate surface area is 112 Å². The number of hydrogen-bond acceptors (Lipinski definition) is 5. The number of ether oxygens (including phenoxy) is 3. The van der Waals surface area contributed by atoms with E-state index in [0.29, 0.717) is 43.4 Å². The van der Waals surface area contributed by atoms with Crippen molar-refractivity contribution in [2.45, 2.75) is 6.42 Å². The topological polar surface area (TPSA) is 96.8 Å². The molecule has 0 atom stereocenters. The molecular formula is C13H20N2O4. The zero-order chi connectivity index (χ0) is 14.1. The summed E-state index contributed by atoms with van der Waals surface area (Å²) < 4.78 is 15.7. The monoisotopic (exact) mass is 268 g/mol. The van der Waals surface area contributed by atoms with E-state index in [-0.39, 0.29) is 0 Å². The summed E-state index contributed by atoms with van der Waals surface area (Å²) in [6, 6.07) is 4.73. The first-order chi connectivity index (χ1) is 9.15. The molecule has 0 saturated heterocycles. The fourth-order valence-corrected chi connectivity index (χ4v) is 1.48. The average Bonchev–Trinajstić information content (AvgIpc) is 2.37. The lowest BCUT2D eigenvalue weighted by atomic mass is 10.2. The highest BCUT2D eigenvalue weighted by atomic mass is 16.5. The molecule has 0 aromatic heterocycles. The second-order valence-corrected chi connectivity index (χ2v) is 3.93. The third-order valence-corrected chi connectivity index (χ3v) is 2.39. The molecule has 0 spiro atoms. The molecule has 106 valence electrons. The van der Waals surface area contributed by atoms with Crippen molar-refractivity contribution < 1.29 is 19.0 Å². The van der Waals surface area contributed by atoms with Crippen LogP contribution in [-0.4, -0.2) is 39.4 Å². The average molecular weight is 268 g/mol. The summed E-state index contributed by atoms with van der Waals surface area (Å²) in [5.41, 5.74) is 11.7. The second kappa shape index (κ2) is 8.34. The summed E-state index contributed by atoms with van der Waals surface area (Å²) in [4.78, 5) is 11.2. The molecule has 0 bridgehead atoms. The van der Waals surface area contributed by atoms with Gasteiger partial charge in [0, 0.05) is 32.1 Å². The summed E-state index contributed by atoms with van der Waals surface area (Å²) in [6.07, 6.45) is 0.835. The fourth-order valence-electron chi connectivity index (χ4n) is 1.48. The third kappa shape index (κ3) is 5.58. The highest BCUT2D eigenvalue weighted by Gasteiger charge is 2.09. The largest absolute Gasteiger partial charge is 0.490 e. The van der Waals surface area contributed by atoms with Gasteiger partial charge in [-0.05, 0) is 18.6 Å². The molecule has 1 amide bonds. The Morgan fingerprint density at radius 3 is 2.68 bits per heavy atom. The van der Waals surface area contributed by atoms with Gasteiger partial charge in [-0.25, -0.2) is 0 Å². The Kier molecular flexibility index (Phi) is 6.70. The SMILES string of the molecule is COCCCOCCOc1cc(N)ccc1C(N)=O.